The molecule has 2 radical (unpaired) electrons. The standard InChI is InChI=1S/C6H10BF3N2O2S/c7-12-3-1-5(2-4-12)11-15(13,14)6(8,9)10/h5,11H,1-4H2. The zero-order valence-corrected chi connectivity index (χ0v) is 8.61. The average Bonchev–Trinajstić information content (AvgIpc) is 2.06. The molecule has 1 heterocycles. The van der Waals surface area contributed by atoms with E-state index in [9.17, 15) is 21.6 Å². The minimum Gasteiger partial charge on any atom is -0.353 e. The number of hydrogen-bond donors (Lipinski definition) is 1. The van der Waals surface area contributed by atoms with E-state index in [1.165, 1.54) is 4.81 Å². The van der Waals surface area contributed by atoms with Gasteiger partial charge in [-0.25, -0.2) is 13.1 Å². The highest BCUT2D eigenvalue weighted by Crippen LogP contribution is 2.23. The molecular formula is C6H10BF3N2O2S. The van der Waals surface area contributed by atoms with Gasteiger partial charge in [0.15, 0.2) is 7.98 Å². The fourth-order valence-electron chi connectivity index (χ4n) is 1.30. The first-order chi connectivity index (χ1) is 6.72. The van der Waals surface area contributed by atoms with Crippen molar-refractivity contribution in [3.05, 3.63) is 0 Å². The van der Waals surface area contributed by atoms with E-state index in [1.807, 2.05) is 0 Å². The quantitative estimate of drug-likeness (QED) is 0.692. The van der Waals surface area contributed by atoms with Crippen LogP contribution in [0.5, 0.6) is 0 Å². The summed E-state index contributed by atoms with van der Waals surface area (Å²) in [7, 11) is 0.156. The van der Waals surface area contributed by atoms with Crippen LogP contribution in [0.3, 0.4) is 0 Å². The van der Waals surface area contributed by atoms with E-state index in [2.05, 4.69) is 0 Å². The monoisotopic (exact) mass is 242 g/mol. The van der Waals surface area contributed by atoms with Crippen LogP contribution in [0.15, 0.2) is 0 Å². The minimum atomic E-state index is -5.24. The van der Waals surface area contributed by atoms with E-state index in [-0.39, 0.29) is 12.8 Å². The summed E-state index contributed by atoms with van der Waals surface area (Å²) in [6.45, 7) is 0.760. The number of halogens is 3. The Morgan fingerprint density at radius 3 is 2.13 bits per heavy atom. The van der Waals surface area contributed by atoms with Gasteiger partial charge < -0.3 is 4.81 Å². The second kappa shape index (κ2) is 4.30. The van der Waals surface area contributed by atoms with Crippen LogP contribution in [-0.2, 0) is 10.0 Å². The molecule has 1 rings (SSSR count). The van der Waals surface area contributed by atoms with Crippen molar-refractivity contribution in [3.63, 3.8) is 0 Å². The van der Waals surface area contributed by atoms with Crippen molar-refractivity contribution in [2.24, 2.45) is 0 Å². The normalized spacial score (nSPS) is 21.8. The lowest BCUT2D eigenvalue weighted by Crippen LogP contribution is -2.47. The van der Waals surface area contributed by atoms with E-state index in [1.54, 1.807) is 4.72 Å². The lowest BCUT2D eigenvalue weighted by atomic mass is 10.0. The Hall–Kier alpha value is -0.275. The third-order valence-corrected chi connectivity index (χ3v) is 3.41. The number of rotatable bonds is 2. The summed E-state index contributed by atoms with van der Waals surface area (Å²) >= 11 is 0. The minimum absolute atomic E-state index is 0.284. The van der Waals surface area contributed by atoms with E-state index in [4.69, 9.17) is 7.98 Å². The van der Waals surface area contributed by atoms with Crippen LogP contribution in [-0.4, -0.2) is 45.8 Å². The zero-order valence-electron chi connectivity index (χ0n) is 7.79. The summed E-state index contributed by atoms with van der Waals surface area (Å²) in [6.07, 6.45) is 0.567. The predicted molar refractivity (Wildman–Crippen MR) is 48.5 cm³/mol. The van der Waals surface area contributed by atoms with Crippen molar-refractivity contribution in [2.45, 2.75) is 24.4 Å². The molecule has 0 spiro atoms. The molecule has 15 heavy (non-hydrogen) atoms. The first-order valence-electron chi connectivity index (χ1n) is 4.30. The topological polar surface area (TPSA) is 49.4 Å². The molecule has 1 aliphatic rings. The second-order valence-electron chi connectivity index (χ2n) is 3.38. The van der Waals surface area contributed by atoms with Gasteiger partial charge in [-0.15, -0.1) is 0 Å². The van der Waals surface area contributed by atoms with Crippen LogP contribution >= 0.6 is 0 Å². The third-order valence-electron chi connectivity index (χ3n) is 2.16. The van der Waals surface area contributed by atoms with Gasteiger partial charge >= 0.3 is 15.5 Å². The van der Waals surface area contributed by atoms with Crippen LogP contribution in [0, 0.1) is 0 Å². The third kappa shape index (κ3) is 3.35. The van der Waals surface area contributed by atoms with Crippen molar-refractivity contribution in [2.75, 3.05) is 13.1 Å². The molecule has 0 amide bonds. The first kappa shape index (κ1) is 12.8. The van der Waals surface area contributed by atoms with Gasteiger partial charge in [0.05, 0.1) is 0 Å². The predicted octanol–water partition coefficient (Wildman–Crippen LogP) is -0.0265. The fourth-order valence-corrected chi connectivity index (χ4v) is 2.11. The van der Waals surface area contributed by atoms with Gasteiger partial charge in [0.2, 0.25) is 0 Å². The molecular weight excluding hydrogens is 232 g/mol. The van der Waals surface area contributed by atoms with E-state index >= 15 is 0 Å². The number of alkyl halides is 3. The Kier molecular flexibility index (Phi) is 3.67. The van der Waals surface area contributed by atoms with Crippen LogP contribution in [0.2, 0.25) is 0 Å². The van der Waals surface area contributed by atoms with Crippen LogP contribution in [0.1, 0.15) is 12.8 Å². The number of sulfonamides is 1. The lowest BCUT2D eigenvalue weighted by molar-refractivity contribution is -0.0452. The fraction of sp³-hybridized carbons (Fsp3) is 1.00. The Bertz CT molecular complexity index is 311. The Morgan fingerprint density at radius 1 is 1.27 bits per heavy atom. The van der Waals surface area contributed by atoms with Gasteiger partial charge in [-0.05, 0) is 25.9 Å². The zero-order chi connectivity index (χ0) is 11.7. The summed E-state index contributed by atoms with van der Waals surface area (Å²) in [6, 6.07) is -0.684. The average molecular weight is 242 g/mol. The van der Waals surface area contributed by atoms with Gasteiger partial charge in [-0.1, -0.05) is 0 Å². The van der Waals surface area contributed by atoms with Crippen molar-refractivity contribution in [1.29, 1.82) is 0 Å². The molecule has 1 fully saturated rings. The van der Waals surface area contributed by atoms with Gasteiger partial charge in [0, 0.05) is 6.04 Å². The number of nitrogens with zero attached hydrogens (tertiary/aromatic N) is 1. The molecule has 9 heteroatoms. The Morgan fingerprint density at radius 2 is 1.73 bits per heavy atom. The molecule has 86 valence electrons. The second-order valence-corrected chi connectivity index (χ2v) is 5.08. The lowest BCUT2D eigenvalue weighted by Gasteiger charge is -2.29. The van der Waals surface area contributed by atoms with Crippen LogP contribution in [0.25, 0.3) is 0 Å². The van der Waals surface area contributed by atoms with E-state index in [0.29, 0.717) is 13.1 Å². The maximum Gasteiger partial charge on any atom is 0.511 e. The number of piperidine rings is 1. The molecule has 0 bridgehead atoms. The highest BCUT2D eigenvalue weighted by Gasteiger charge is 2.46. The molecule has 0 aromatic carbocycles. The van der Waals surface area contributed by atoms with Crippen molar-refractivity contribution in [1.82, 2.24) is 9.53 Å². The SMILES string of the molecule is [B]N1CCC(NS(=O)(=O)C(F)(F)F)CC1. The Balaban J connectivity index is 2.56. The first-order valence-corrected chi connectivity index (χ1v) is 5.79. The van der Waals surface area contributed by atoms with Crippen molar-refractivity contribution in [3.8, 4) is 0 Å². The molecule has 0 saturated carbocycles. The number of nitrogens with one attached hydrogen (secondary N) is 1. The van der Waals surface area contributed by atoms with E-state index < -0.39 is 21.6 Å². The van der Waals surface area contributed by atoms with Crippen molar-refractivity contribution >= 4 is 18.0 Å². The molecule has 1 saturated heterocycles. The van der Waals surface area contributed by atoms with Crippen LogP contribution in [0.4, 0.5) is 13.2 Å². The number of hydrogen-bond acceptors (Lipinski definition) is 3. The highest BCUT2D eigenvalue weighted by molar-refractivity contribution is 7.90. The largest absolute Gasteiger partial charge is 0.511 e. The molecule has 0 aromatic heterocycles. The van der Waals surface area contributed by atoms with E-state index in [0.717, 1.165) is 0 Å². The molecule has 4 nitrogen and oxygen atoms in total. The summed E-state index contributed by atoms with van der Waals surface area (Å²) < 4.78 is 59.0. The molecule has 0 atom stereocenters. The molecule has 1 aliphatic heterocycles. The van der Waals surface area contributed by atoms with Gasteiger partial charge in [-0.3, -0.25) is 0 Å². The van der Waals surface area contributed by atoms with Gasteiger partial charge in [0.1, 0.15) is 0 Å². The van der Waals surface area contributed by atoms with Gasteiger partial charge in [0.25, 0.3) is 0 Å². The maximum absolute atomic E-state index is 12.0. The van der Waals surface area contributed by atoms with Crippen molar-refractivity contribution < 1.29 is 21.6 Å². The summed E-state index contributed by atoms with van der Waals surface area (Å²) in [5.41, 5.74) is -5.24. The van der Waals surface area contributed by atoms with Crippen LogP contribution < -0.4 is 4.72 Å². The maximum atomic E-state index is 12.0. The molecule has 1 N–H and O–H groups in total. The molecule has 0 aliphatic carbocycles. The summed E-state index contributed by atoms with van der Waals surface area (Å²) in [4.78, 5) is 1.44. The molecule has 0 aromatic rings. The molecule has 0 unspecified atom stereocenters. The smallest absolute Gasteiger partial charge is 0.353 e. The Labute approximate surface area is 87.3 Å². The summed E-state index contributed by atoms with van der Waals surface area (Å²) in [5, 5.41) is 0. The summed E-state index contributed by atoms with van der Waals surface area (Å²) in [5.74, 6) is 0. The van der Waals surface area contributed by atoms with Gasteiger partial charge in [-0.2, -0.15) is 13.2 Å². The highest BCUT2D eigenvalue weighted by atomic mass is 32.2.